The van der Waals surface area contributed by atoms with Gasteiger partial charge < -0.3 is 64.0 Å². The maximum absolute atomic E-state index is 15.0. The van der Waals surface area contributed by atoms with Gasteiger partial charge in [0.05, 0.1) is 39.4 Å². The van der Waals surface area contributed by atoms with Gasteiger partial charge in [0, 0.05) is 120 Å². The first kappa shape index (κ1) is 50.5. The summed E-state index contributed by atoms with van der Waals surface area (Å²) in [6.07, 6.45) is 5.96. The molecule has 11 rings (SSSR count). The lowest BCUT2D eigenvalue weighted by Crippen LogP contribution is -2.45. The van der Waals surface area contributed by atoms with E-state index in [9.17, 15) is 52.2 Å². The van der Waals surface area contributed by atoms with Crippen LogP contribution in [0.5, 0.6) is 5.75 Å². The number of pyridine rings is 3. The first-order valence-corrected chi connectivity index (χ1v) is 24.3. The predicted octanol–water partition coefficient (Wildman–Crippen LogP) is 4.40. The van der Waals surface area contributed by atoms with E-state index in [1.165, 1.54) is 24.7 Å². The van der Waals surface area contributed by atoms with E-state index in [1.54, 1.807) is 21.3 Å². The normalized spacial score (nSPS) is 17.9. The monoisotopic (exact) mass is 1010 g/mol. The van der Waals surface area contributed by atoms with Crippen molar-refractivity contribution in [2.45, 2.75) is 45.3 Å². The number of anilines is 3. The third-order valence-electron chi connectivity index (χ3n) is 14.1. The van der Waals surface area contributed by atoms with Crippen LogP contribution in [0.3, 0.4) is 0 Å². The SMILES string of the molecule is CCn1cc(C(=O)O)c(=O)c2cc(F)c(N3CCNCC3)cc21.C[C@H]1COc2c(N3CCN(C)CC3)c(F)cc3c(=O)c(C(=O)O)cn1c23.O=C(O)c1cn(C2CC2)c2cc(N3CCNCC3)c(F)cc2c1=O. The highest BCUT2D eigenvalue weighted by molar-refractivity contribution is 5.98. The fraction of sp³-hybridized carbons (Fsp3) is 0.412. The molecule has 0 amide bonds. The molecule has 1 atom stereocenters. The van der Waals surface area contributed by atoms with E-state index in [1.807, 2.05) is 40.2 Å². The van der Waals surface area contributed by atoms with Crippen LogP contribution in [0.2, 0.25) is 0 Å². The van der Waals surface area contributed by atoms with E-state index in [4.69, 9.17) is 9.84 Å². The summed E-state index contributed by atoms with van der Waals surface area (Å²) in [7, 11) is 2.02. The van der Waals surface area contributed by atoms with Gasteiger partial charge in [0.1, 0.15) is 40.6 Å². The maximum atomic E-state index is 15.0. The van der Waals surface area contributed by atoms with Gasteiger partial charge in [0.25, 0.3) is 0 Å². The number of likely N-dealkylation sites (N-methyl/N-ethyl adjacent to an activating group) is 1. The van der Waals surface area contributed by atoms with Crippen LogP contribution in [0, 0.1) is 17.5 Å². The lowest BCUT2D eigenvalue weighted by Gasteiger charge is -2.37. The Kier molecular flexibility index (Phi) is 14.2. The van der Waals surface area contributed by atoms with Crippen LogP contribution in [0.25, 0.3) is 32.7 Å². The Hall–Kier alpha value is -7.43. The summed E-state index contributed by atoms with van der Waals surface area (Å²) in [6.45, 7) is 13.3. The minimum atomic E-state index is -1.32. The van der Waals surface area contributed by atoms with Gasteiger partial charge in [-0.15, -0.1) is 0 Å². The van der Waals surface area contributed by atoms with Crippen molar-refractivity contribution in [3.05, 3.63) is 114 Å². The Balaban J connectivity index is 0.000000135. The van der Waals surface area contributed by atoms with E-state index in [0.29, 0.717) is 85.2 Å². The van der Waals surface area contributed by atoms with Gasteiger partial charge in [-0.1, -0.05) is 0 Å². The van der Waals surface area contributed by atoms with Crippen LogP contribution in [0.15, 0.2) is 63.3 Å². The molecule has 0 radical (unpaired) electrons. The molecule has 3 aromatic carbocycles. The molecule has 3 saturated heterocycles. The summed E-state index contributed by atoms with van der Waals surface area (Å²) in [5, 5.41) is 34.4. The van der Waals surface area contributed by atoms with Gasteiger partial charge in [-0.2, -0.15) is 0 Å². The standard InChI is InChI=1S/C18H20FN3O4.C17H18FN3O3.C16H18FN3O3/c1-10-9-26-17-14-11(16(23)12(18(24)25)8-22(10)14)7-13(19)15(17)21-5-3-20(2)4-6-21;18-13-7-11-14(8-15(13)20-5-3-19-4-6-20)21(10-1-2-10)9-12(16(11)22)17(23)24;1-2-19-9-11(16(22)23)15(21)10-7-12(17)14(8-13(10)19)20-5-3-18-4-6-20/h7-8,10H,3-6,9H2,1-2H3,(H,24,25);7-10,19H,1-6H2,(H,23,24);7-9,18H,2-6H2,1H3,(H,22,23)/t10-;;/m0../s1. The number of carboxylic acids is 3. The highest BCUT2D eigenvalue weighted by atomic mass is 19.1. The van der Waals surface area contributed by atoms with Crippen LogP contribution in [0.1, 0.15) is 69.8 Å². The van der Waals surface area contributed by atoms with Crippen molar-refractivity contribution in [2.24, 2.45) is 0 Å². The minimum absolute atomic E-state index is 0.0434. The minimum Gasteiger partial charge on any atom is -0.487 e. The molecule has 3 aromatic heterocycles. The van der Waals surface area contributed by atoms with Crippen molar-refractivity contribution in [3.8, 4) is 5.75 Å². The summed E-state index contributed by atoms with van der Waals surface area (Å²) in [5.41, 5.74) is -0.0526. The van der Waals surface area contributed by atoms with Crippen LogP contribution >= 0.6 is 0 Å². The van der Waals surface area contributed by atoms with E-state index in [-0.39, 0.29) is 51.5 Å². The smallest absolute Gasteiger partial charge is 0.341 e. The highest BCUT2D eigenvalue weighted by Crippen LogP contribution is 2.42. The molecular weight excluding hydrogens is 956 g/mol. The van der Waals surface area contributed by atoms with Gasteiger partial charge >= 0.3 is 17.9 Å². The van der Waals surface area contributed by atoms with E-state index >= 15 is 0 Å². The topological polar surface area (TPSA) is 224 Å². The molecule has 7 heterocycles. The van der Waals surface area contributed by atoms with Gasteiger partial charge in [0.2, 0.25) is 16.3 Å². The van der Waals surface area contributed by atoms with Crippen molar-refractivity contribution in [1.82, 2.24) is 29.2 Å². The predicted molar refractivity (Wildman–Crippen MR) is 269 cm³/mol. The van der Waals surface area contributed by atoms with Crippen LogP contribution in [0.4, 0.5) is 30.2 Å². The molecule has 0 spiro atoms. The number of benzene rings is 3. The molecule has 4 aliphatic heterocycles. The number of nitrogens with zero attached hydrogens (tertiary/aromatic N) is 7. The summed E-state index contributed by atoms with van der Waals surface area (Å²) >= 11 is 0. The number of rotatable bonds is 8. The lowest BCUT2D eigenvalue weighted by atomic mass is 10.1. The molecule has 0 unspecified atom stereocenters. The maximum Gasteiger partial charge on any atom is 0.341 e. The average Bonchev–Trinajstić information content (AvgIpc) is 4.23. The molecular formula is C51H56F3N9O10. The summed E-state index contributed by atoms with van der Waals surface area (Å²) < 4.78 is 55.2. The van der Waals surface area contributed by atoms with Crippen molar-refractivity contribution in [2.75, 3.05) is 107 Å². The molecule has 73 heavy (non-hydrogen) atoms. The number of nitrogens with one attached hydrogen (secondary N) is 2. The van der Waals surface area contributed by atoms with Gasteiger partial charge in [-0.05, 0) is 64.1 Å². The number of halogens is 3. The molecule has 5 aliphatic rings. The number of aromatic nitrogens is 3. The van der Waals surface area contributed by atoms with Crippen LogP contribution in [-0.4, -0.2) is 144 Å². The fourth-order valence-electron chi connectivity index (χ4n) is 9.96. The number of piperazine rings is 3. The van der Waals surface area contributed by atoms with Gasteiger partial charge in [-0.3, -0.25) is 14.4 Å². The van der Waals surface area contributed by atoms with Crippen molar-refractivity contribution < 1.29 is 47.6 Å². The molecule has 6 aromatic rings. The average molecular weight is 1010 g/mol. The Labute approximate surface area is 415 Å². The van der Waals surface area contributed by atoms with Crippen molar-refractivity contribution >= 4 is 67.7 Å². The molecule has 0 bridgehead atoms. The Bertz CT molecular complexity index is 3370. The lowest BCUT2D eigenvalue weighted by molar-refractivity contribution is 0.0683. The zero-order chi connectivity index (χ0) is 52.0. The molecule has 1 aliphatic carbocycles. The Morgan fingerprint density at radius 1 is 0.616 bits per heavy atom. The highest BCUT2D eigenvalue weighted by Gasteiger charge is 2.32. The van der Waals surface area contributed by atoms with Gasteiger partial charge in [-0.25, -0.2) is 27.6 Å². The number of fused-ring (bicyclic) bond motifs is 2. The first-order chi connectivity index (χ1) is 35.0. The first-order valence-electron chi connectivity index (χ1n) is 24.3. The van der Waals surface area contributed by atoms with Crippen molar-refractivity contribution in [3.63, 3.8) is 0 Å². The van der Waals surface area contributed by atoms with Gasteiger partial charge in [0.15, 0.2) is 11.6 Å². The molecule has 4 fully saturated rings. The third-order valence-corrected chi connectivity index (χ3v) is 14.1. The quantitative estimate of drug-likeness (QED) is 0.143. The summed E-state index contributed by atoms with van der Waals surface area (Å²) in [6, 6.07) is 6.88. The summed E-state index contributed by atoms with van der Waals surface area (Å²) in [5.74, 6) is -5.10. The molecule has 386 valence electrons. The zero-order valence-electron chi connectivity index (χ0n) is 40.6. The second-order valence-corrected chi connectivity index (χ2v) is 18.9. The Morgan fingerprint density at radius 3 is 1.59 bits per heavy atom. The number of hydrogen-bond acceptors (Lipinski definition) is 13. The zero-order valence-corrected chi connectivity index (χ0v) is 40.6. The van der Waals surface area contributed by atoms with E-state index in [0.717, 1.165) is 64.2 Å². The number of aromatic carboxylic acids is 3. The Morgan fingerprint density at radius 2 is 1.08 bits per heavy atom. The third kappa shape index (κ3) is 9.80. The molecule has 19 nitrogen and oxygen atoms in total. The summed E-state index contributed by atoms with van der Waals surface area (Å²) in [4.78, 5) is 79.2. The van der Waals surface area contributed by atoms with E-state index < -0.39 is 51.6 Å². The molecule has 5 N–H and O–H groups in total. The fourth-order valence-corrected chi connectivity index (χ4v) is 9.96. The van der Waals surface area contributed by atoms with E-state index in [2.05, 4.69) is 15.5 Å². The molecule has 22 heteroatoms. The second kappa shape index (κ2) is 20.6. The largest absolute Gasteiger partial charge is 0.487 e. The number of carbonyl (C=O) groups is 3. The molecule has 1 saturated carbocycles. The number of hydrogen-bond donors (Lipinski definition) is 5. The number of aryl methyl sites for hydroxylation is 1. The van der Waals surface area contributed by atoms with Crippen LogP contribution in [-0.2, 0) is 6.54 Å². The second-order valence-electron chi connectivity index (χ2n) is 18.9. The number of ether oxygens (including phenoxy) is 1. The van der Waals surface area contributed by atoms with Crippen LogP contribution < -0.4 is 46.4 Å². The van der Waals surface area contributed by atoms with Crippen molar-refractivity contribution in [1.29, 1.82) is 0 Å². The number of carboxylic acid groups (broad SMARTS) is 3.